The van der Waals surface area contributed by atoms with Gasteiger partial charge in [-0.1, -0.05) is 12.2 Å². The Kier molecular flexibility index (Phi) is 5.11. The third kappa shape index (κ3) is 4.31. The molecule has 3 rings (SSSR count). The molecule has 0 radical (unpaired) electrons. The number of ether oxygens (including phenoxy) is 2. The second-order valence-corrected chi connectivity index (χ2v) is 7.46. The highest BCUT2D eigenvalue weighted by molar-refractivity contribution is 5.84. The molecular weight excluding hydrogens is 330 g/mol. The lowest BCUT2D eigenvalue weighted by Gasteiger charge is -2.24. The van der Waals surface area contributed by atoms with Crippen LogP contribution in [0, 0.1) is 5.92 Å². The van der Waals surface area contributed by atoms with E-state index in [0.29, 0.717) is 24.9 Å². The molecule has 0 N–H and O–H groups in total. The molecule has 2 aromatic heterocycles. The number of likely N-dealkylation sites (tertiary alicyclic amines) is 1. The zero-order valence-electron chi connectivity index (χ0n) is 15.7. The van der Waals surface area contributed by atoms with Gasteiger partial charge >= 0.3 is 6.09 Å². The molecule has 1 aliphatic heterocycles. The van der Waals surface area contributed by atoms with E-state index in [1.165, 1.54) is 0 Å². The number of carbonyl (C=O) groups is 1. The zero-order chi connectivity index (χ0) is 18.7. The number of hydrogen-bond donors (Lipinski definition) is 0. The monoisotopic (exact) mass is 355 g/mol. The van der Waals surface area contributed by atoms with Gasteiger partial charge in [0.1, 0.15) is 5.60 Å². The molecule has 1 amide bonds. The third-order valence-corrected chi connectivity index (χ3v) is 4.22. The van der Waals surface area contributed by atoms with Gasteiger partial charge < -0.3 is 14.4 Å². The lowest BCUT2D eigenvalue weighted by Crippen LogP contribution is -2.35. The molecule has 6 heteroatoms. The van der Waals surface area contributed by atoms with E-state index in [-0.39, 0.29) is 6.09 Å². The van der Waals surface area contributed by atoms with Gasteiger partial charge in [-0.15, -0.1) is 0 Å². The molecule has 0 aliphatic carbocycles. The summed E-state index contributed by atoms with van der Waals surface area (Å²) in [6.07, 6.45) is 6.65. The van der Waals surface area contributed by atoms with Gasteiger partial charge in [0.05, 0.1) is 18.1 Å². The molecular formula is C20H25N3O3. The summed E-state index contributed by atoms with van der Waals surface area (Å²) in [4.78, 5) is 22.8. The van der Waals surface area contributed by atoms with Crippen LogP contribution in [-0.4, -0.2) is 46.8 Å². The minimum atomic E-state index is -0.467. The van der Waals surface area contributed by atoms with Crippen molar-refractivity contribution in [1.29, 1.82) is 0 Å². The lowest BCUT2D eigenvalue weighted by molar-refractivity contribution is 0.0291. The molecule has 3 heterocycles. The standard InChI is InChI=1S/C20H25N3O3/c1-20(2,3)26-19(24)23-12-10-14(13-23)5-6-15-9-11-21-16-7-8-17(25-4)22-18(15)16/h5-9,11,14H,10,12-13H2,1-4H3/t14-/m1/s1. The first-order valence-corrected chi connectivity index (χ1v) is 8.81. The zero-order valence-corrected chi connectivity index (χ0v) is 15.7. The number of pyridine rings is 2. The maximum atomic E-state index is 12.2. The van der Waals surface area contributed by atoms with Crippen molar-refractivity contribution in [3.8, 4) is 5.88 Å². The van der Waals surface area contributed by atoms with Crippen molar-refractivity contribution in [1.82, 2.24) is 14.9 Å². The van der Waals surface area contributed by atoms with Crippen molar-refractivity contribution in [3.63, 3.8) is 0 Å². The summed E-state index contributed by atoms with van der Waals surface area (Å²) in [5.74, 6) is 0.869. The van der Waals surface area contributed by atoms with Crippen LogP contribution in [-0.2, 0) is 4.74 Å². The molecule has 0 spiro atoms. The second-order valence-electron chi connectivity index (χ2n) is 7.46. The predicted molar refractivity (Wildman–Crippen MR) is 101 cm³/mol. The normalized spacial score (nSPS) is 17.8. The average molecular weight is 355 g/mol. The first-order chi connectivity index (χ1) is 12.4. The van der Waals surface area contributed by atoms with E-state index in [2.05, 4.69) is 22.1 Å². The highest BCUT2D eigenvalue weighted by Crippen LogP contribution is 2.23. The summed E-state index contributed by atoms with van der Waals surface area (Å²) in [5.41, 5.74) is 2.16. The number of nitrogens with zero attached hydrogens (tertiary/aromatic N) is 3. The molecule has 0 aromatic carbocycles. The van der Waals surface area contributed by atoms with Crippen LogP contribution in [0.15, 0.2) is 30.5 Å². The molecule has 2 aromatic rings. The van der Waals surface area contributed by atoms with Crippen LogP contribution in [0.5, 0.6) is 5.88 Å². The Labute approximate surface area is 153 Å². The van der Waals surface area contributed by atoms with Crippen molar-refractivity contribution >= 4 is 23.2 Å². The fraction of sp³-hybridized carbons (Fsp3) is 0.450. The second kappa shape index (κ2) is 7.32. The predicted octanol–water partition coefficient (Wildman–Crippen LogP) is 3.91. The van der Waals surface area contributed by atoms with E-state index in [1.807, 2.05) is 32.9 Å². The Morgan fingerprint density at radius 2 is 2.12 bits per heavy atom. The summed E-state index contributed by atoms with van der Waals surface area (Å²) >= 11 is 0. The molecule has 1 aliphatic rings. The van der Waals surface area contributed by atoms with Gasteiger partial charge in [0.15, 0.2) is 0 Å². The van der Waals surface area contributed by atoms with Crippen LogP contribution in [0.4, 0.5) is 4.79 Å². The molecule has 0 unspecified atom stereocenters. The number of carbonyl (C=O) groups excluding carboxylic acids is 1. The van der Waals surface area contributed by atoms with E-state index in [1.54, 1.807) is 24.3 Å². The van der Waals surface area contributed by atoms with Gasteiger partial charge in [0.2, 0.25) is 5.88 Å². The summed E-state index contributed by atoms with van der Waals surface area (Å²) < 4.78 is 10.7. The van der Waals surface area contributed by atoms with Crippen LogP contribution >= 0.6 is 0 Å². The van der Waals surface area contributed by atoms with Crippen molar-refractivity contribution in [2.24, 2.45) is 5.92 Å². The summed E-state index contributed by atoms with van der Waals surface area (Å²) in [7, 11) is 1.60. The Bertz CT molecular complexity index is 827. The number of amides is 1. The van der Waals surface area contributed by atoms with Crippen LogP contribution in [0.2, 0.25) is 0 Å². The van der Waals surface area contributed by atoms with Crippen molar-refractivity contribution in [2.75, 3.05) is 20.2 Å². The SMILES string of the molecule is COc1ccc2nccc(C=C[C@@H]3CCN(C(=O)OC(C)(C)C)C3)c2n1. The fourth-order valence-corrected chi connectivity index (χ4v) is 2.95. The van der Waals surface area contributed by atoms with Crippen LogP contribution in [0.1, 0.15) is 32.8 Å². The first kappa shape index (κ1) is 18.2. The highest BCUT2D eigenvalue weighted by atomic mass is 16.6. The maximum absolute atomic E-state index is 12.2. The number of methoxy groups -OCH3 is 1. The average Bonchev–Trinajstić information content (AvgIpc) is 3.07. The Morgan fingerprint density at radius 1 is 1.31 bits per heavy atom. The molecule has 0 bridgehead atoms. The lowest BCUT2D eigenvalue weighted by atomic mass is 10.1. The van der Waals surface area contributed by atoms with E-state index in [0.717, 1.165) is 23.0 Å². The minimum Gasteiger partial charge on any atom is -0.481 e. The van der Waals surface area contributed by atoms with Gasteiger partial charge in [-0.05, 0) is 45.2 Å². The van der Waals surface area contributed by atoms with E-state index in [4.69, 9.17) is 9.47 Å². The summed E-state index contributed by atoms with van der Waals surface area (Å²) in [6, 6.07) is 5.64. The number of aromatic nitrogens is 2. The Morgan fingerprint density at radius 3 is 2.85 bits per heavy atom. The molecule has 26 heavy (non-hydrogen) atoms. The van der Waals surface area contributed by atoms with Crippen molar-refractivity contribution in [3.05, 3.63) is 36.0 Å². The number of hydrogen-bond acceptors (Lipinski definition) is 5. The van der Waals surface area contributed by atoms with E-state index in [9.17, 15) is 4.79 Å². The first-order valence-electron chi connectivity index (χ1n) is 8.81. The largest absolute Gasteiger partial charge is 0.481 e. The van der Waals surface area contributed by atoms with Crippen LogP contribution < -0.4 is 4.74 Å². The molecule has 1 saturated heterocycles. The summed E-state index contributed by atoms with van der Waals surface area (Å²) in [5, 5.41) is 0. The van der Waals surface area contributed by atoms with Gasteiger partial charge in [-0.3, -0.25) is 4.98 Å². The van der Waals surface area contributed by atoms with E-state index >= 15 is 0 Å². The van der Waals surface area contributed by atoms with Gasteiger partial charge in [0.25, 0.3) is 0 Å². The highest BCUT2D eigenvalue weighted by Gasteiger charge is 2.28. The van der Waals surface area contributed by atoms with Gasteiger partial charge in [-0.2, -0.15) is 0 Å². The molecule has 138 valence electrons. The van der Waals surface area contributed by atoms with Gasteiger partial charge in [0, 0.05) is 30.9 Å². The van der Waals surface area contributed by atoms with Crippen LogP contribution in [0.3, 0.4) is 0 Å². The Balaban J connectivity index is 1.71. The van der Waals surface area contributed by atoms with Crippen LogP contribution in [0.25, 0.3) is 17.1 Å². The fourth-order valence-electron chi connectivity index (χ4n) is 2.95. The molecule has 1 atom stereocenters. The summed E-state index contributed by atoms with van der Waals surface area (Å²) in [6.45, 7) is 7.04. The third-order valence-electron chi connectivity index (χ3n) is 4.22. The smallest absolute Gasteiger partial charge is 0.410 e. The molecule has 1 fully saturated rings. The van der Waals surface area contributed by atoms with Crippen molar-refractivity contribution < 1.29 is 14.3 Å². The number of fused-ring (bicyclic) bond motifs is 1. The quantitative estimate of drug-likeness (QED) is 0.835. The molecule has 6 nitrogen and oxygen atoms in total. The van der Waals surface area contributed by atoms with E-state index < -0.39 is 5.60 Å². The van der Waals surface area contributed by atoms with Gasteiger partial charge in [-0.25, -0.2) is 9.78 Å². The topological polar surface area (TPSA) is 64.5 Å². The van der Waals surface area contributed by atoms with Crippen molar-refractivity contribution in [2.45, 2.75) is 32.8 Å². The minimum absolute atomic E-state index is 0.242. The maximum Gasteiger partial charge on any atom is 0.410 e. The number of rotatable bonds is 3. The molecule has 0 saturated carbocycles. The Hall–Kier alpha value is -2.63.